The summed E-state index contributed by atoms with van der Waals surface area (Å²) in [4.78, 5) is 9.21. The number of hydrogen-bond acceptors (Lipinski definition) is 4. The van der Waals surface area contributed by atoms with Gasteiger partial charge >= 0.3 is 0 Å². The number of halogens is 1. The Kier molecular flexibility index (Phi) is 4.46. The molecule has 4 aromatic rings. The summed E-state index contributed by atoms with van der Waals surface area (Å²) in [6, 6.07) is 10.6. The number of fused-ring (bicyclic) bond motifs is 2. The number of nitrogens with zero attached hydrogens (tertiary/aromatic N) is 4. The van der Waals surface area contributed by atoms with Crippen LogP contribution in [-0.4, -0.2) is 19.6 Å². The van der Waals surface area contributed by atoms with Gasteiger partial charge in [-0.2, -0.15) is 9.61 Å². The maximum atomic E-state index is 13.4. The summed E-state index contributed by atoms with van der Waals surface area (Å²) < 4.78 is 15.4. The first-order chi connectivity index (χ1) is 14.2. The summed E-state index contributed by atoms with van der Waals surface area (Å²) in [6.07, 6.45) is 7.93. The zero-order valence-corrected chi connectivity index (χ0v) is 16.3. The Morgan fingerprint density at radius 2 is 1.93 bits per heavy atom. The Balaban J connectivity index is 1.66. The maximum Gasteiger partial charge on any atom is 0.165 e. The van der Waals surface area contributed by atoms with Crippen LogP contribution >= 0.6 is 0 Å². The van der Waals surface area contributed by atoms with Crippen molar-refractivity contribution in [1.82, 2.24) is 19.6 Å². The van der Waals surface area contributed by atoms with Crippen LogP contribution in [0.5, 0.6) is 0 Å². The van der Waals surface area contributed by atoms with Crippen molar-refractivity contribution in [2.24, 2.45) is 0 Å². The third kappa shape index (κ3) is 3.24. The molecule has 1 N–H and O–H groups in total. The van der Waals surface area contributed by atoms with E-state index in [0.717, 1.165) is 65.2 Å². The number of pyridine rings is 1. The van der Waals surface area contributed by atoms with Crippen molar-refractivity contribution >= 4 is 11.5 Å². The molecular weight excluding hydrogens is 365 g/mol. The second-order valence-corrected chi connectivity index (χ2v) is 7.51. The molecule has 0 spiro atoms. The quantitative estimate of drug-likeness (QED) is 0.550. The lowest BCUT2D eigenvalue weighted by Crippen LogP contribution is -2.15. The van der Waals surface area contributed by atoms with Crippen molar-refractivity contribution < 1.29 is 4.39 Å². The zero-order chi connectivity index (χ0) is 19.8. The SMILES string of the molecule is Cc1nn2c(NCc3cccnc3)c3c(nc2c1-c1ccc(F)cc1)CCCC3. The molecule has 0 bridgehead atoms. The van der Waals surface area contributed by atoms with E-state index in [-0.39, 0.29) is 5.82 Å². The molecule has 0 saturated heterocycles. The summed E-state index contributed by atoms with van der Waals surface area (Å²) in [5.41, 5.74) is 7.11. The van der Waals surface area contributed by atoms with E-state index in [0.29, 0.717) is 6.54 Å². The fourth-order valence-electron chi connectivity index (χ4n) is 4.12. The third-order valence-corrected chi connectivity index (χ3v) is 5.53. The average Bonchev–Trinajstić information content (AvgIpc) is 3.08. The number of aromatic nitrogens is 4. The minimum Gasteiger partial charge on any atom is -0.366 e. The van der Waals surface area contributed by atoms with E-state index in [4.69, 9.17) is 10.1 Å². The Morgan fingerprint density at radius 1 is 1.10 bits per heavy atom. The largest absolute Gasteiger partial charge is 0.366 e. The minimum atomic E-state index is -0.243. The highest BCUT2D eigenvalue weighted by Gasteiger charge is 2.23. The highest BCUT2D eigenvalue weighted by molar-refractivity contribution is 5.81. The van der Waals surface area contributed by atoms with Gasteiger partial charge in [-0.05, 0) is 61.9 Å². The lowest BCUT2D eigenvalue weighted by atomic mass is 9.96. The molecule has 3 heterocycles. The highest BCUT2D eigenvalue weighted by atomic mass is 19.1. The predicted molar refractivity (Wildman–Crippen MR) is 111 cm³/mol. The van der Waals surface area contributed by atoms with Crippen LogP contribution in [0.4, 0.5) is 10.2 Å². The van der Waals surface area contributed by atoms with Gasteiger partial charge in [0, 0.05) is 35.8 Å². The minimum absolute atomic E-state index is 0.243. The van der Waals surface area contributed by atoms with Crippen LogP contribution in [0.25, 0.3) is 16.8 Å². The summed E-state index contributed by atoms with van der Waals surface area (Å²) in [6.45, 7) is 2.65. The fourth-order valence-corrected chi connectivity index (χ4v) is 4.12. The van der Waals surface area contributed by atoms with E-state index in [9.17, 15) is 4.39 Å². The molecule has 0 atom stereocenters. The van der Waals surface area contributed by atoms with Crippen molar-refractivity contribution in [2.45, 2.75) is 39.2 Å². The first kappa shape index (κ1) is 17.8. The van der Waals surface area contributed by atoms with Crippen LogP contribution in [0.3, 0.4) is 0 Å². The van der Waals surface area contributed by atoms with E-state index in [2.05, 4.69) is 16.4 Å². The van der Waals surface area contributed by atoms with Crippen molar-refractivity contribution in [3.63, 3.8) is 0 Å². The van der Waals surface area contributed by atoms with Gasteiger partial charge in [0.1, 0.15) is 11.6 Å². The number of rotatable bonds is 4. The molecule has 5 nitrogen and oxygen atoms in total. The lowest BCUT2D eigenvalue weighted by molar-refractivity contribution is 0.628. The van der Waals surface area contributed by atoms with Crippen LogP contribution in [0.15, 0.2) is 48.8 Å². The van der Waals surface area contributed by atoms with Crippen LogP contribution in [0.1, 0.15) is 35.4 Å². The summed E-state index contributed by atoms with van der Waals surface area (Å²) in [5.74, 6) is 0.761. The van der Waals surface area contributed by atoms with Gasteiger partial charge in [-0.25, -0.2) is 9.37 Å². The molecule has 0 unspecified atom stereocenters. The van der Waals surface area contributed by atoms with Crippen LogP contribution in [0.2, 0.25) is 0 Å². The van der Waals surface area contributed by atoms with Gasteiger partial charge in [0.2, 0.25) is 0 Å². The van der Waals surface area contributed by atoms with E-state index in [1.165, 1.54) is 17.7 Å². The smallest absolute Gasteiger partial charge is 0.165 e. The second kappa shape index (κ2) is 7.28. The molecule has 3 aromatic heterocycles. The van der Waals surface area contributed by atoms with Gasteiger partial charge in [0.15, 0.2) is 5.65 Å². The fraction of sp³-hybridized carbons (Fsp3) is 0.261. The number of anilines is 1. The molecule has 6 heteroatoms. The molecular formula is C23H22FN5. The standard InChI is InChI=1S/C23H22FN5/c1-15-21(17-8-10-18(24)11-9-17)23-27-20-7-3-2-6-19(20)22(29(23)28-15)26-14-16-5-4-12-25-13-16/h4-5,8-13,26H,2-3,6-7,14H2,1H3. The molecule has 146 valence electrons. The van der Waals surface area contributed by atoms with Crippen molar-refractivity contribution in [2.75, 3.05) is 5.32 Å². The Bertz CT molecular complexity index is 1170. The number of hydrogen-bond donors (Lipinski definition) is 1. The number of aryl methyl sites for hydroxylation is 2. The van der Waals surface area contributed by atoms with Crippen LogP contribution in [0, 0.1) is 12.7 Å². The van der Waals surface area contributed by atoms with Crippen molar-refractivity contribution in [3.8, 4) is 11.1 Å². The Hall–Kier alpha value is -3.28. The predicted octanol–water partition coefficient (Wildman–Crippen LogP) is 4.73. The summed E-state index contributed by atoms with van der Waals surface area (Å²) in [5, 5.41) is 8.41. The second-order valence-electron chi connectivity index (χ2n) is 7.51. The first-order valence-electron chi connectivity index (χ1n) is 10.0. The normalized spacial score (nSPS) is 13.4. The third-order valence-electron chi connectivity index (χ3n) is 5.53. The van der Waals surface area contributed by atoms with Gasteiger partial charge in [-0.3, -0.25) is 4.98 Å². The van der Waals surface area contributed by atoms with Gasteiger partial charge in [-0.15, -0.1) is 0 Å². The molecule has 0 aliphatic heterocycles. The van der Waals surface area contributed by atoms with Crippen LogP contribution < -0.4 is 5.32 Å². The summed E-state index contributed by atoms with van der Waals surface area (Å²) >= 11 is 0. The van der Waals surface area contributed by atoms with Crippen molar-refractivity contribution in [1.29, 1.82) is 0 Å². The van der Waals surface area contributed by atoms with Gasteiger partial charge < -0.3 is 5.32 Å². The van der Waals surface area contributed by atoms with Crippen LogP contribution in [-0.2, 0) is 19.4 Å². The Labute approximate surface area is 168 Å². The maximum absolute atomic E-state index is 13.4. The van der Waals surface area contributed by atoms with Crippen molar-refractivity contribution in [3.05, 3.63) is 77.1 Å². The number of benzene rings is 1. The van der Waals surface area contributed by atoms with Gasteiger partial charge in [-0.1, -0.05) is 18.2 Å². The van der Waals surface area contributed by atoms with E-state index in [1.807, 2.05) is 23.7 Å². The Morgan fingerprint density at radius 3 is 2.72 bits per heavy atom. The molecule has 1 aliphatic carbocycles. The molecule has 29 heavy (non-hydrogen) atoms. The zero-order valence-electron chi connectivity index (χ0n) is 16.3. The molecule has 1 aliphatic rings. The van der Waals surface area contributed by atoms with E-state index in [1.54, 1.807) is 18.3 Å². The summed E-state index contributed by atoms with van der Waals surface area (Å²) in [7, 11) is 0. The first-order valence-corrected chi connectivity index (χ1v) is 10.0. The molecule has 0 amide bonds. The lowest BCUT2D eigenvalue weighted by Gasteiger charge is -2.20. The average molecular weight is 387 g/mol. The molecule has 0 radical (unpaired) electrons. The van der Waals surface area contributed by atoms with Gasteiger partial charge in [0.05, 0.1) is 5.69 Å². The topological polar surface area (TPSA) is 55.1 Å². The van der Waals surface area contributed by atoms with Gasteiger partial charge in [0.25, 0.3) is 0 Å². The number of nitrogens with one attached hydrogen (secondary N) is 1. The van der Waals surface area contributed by atoms with E-state index >= 15 is 0 Å². The molecule has 1 aromatic carbocycles. The molecule has 0 saturated carbocycles. The molecule has 0 fully saturated rings. The highest BCUT2D eigenvalue weighted by Crippen LogP contribution is 2.34. The molecule has 5 rings (SSSR count). The monoisotopic (exact) mass is 387 g/mol. The van der Waals surface area contributed by atoms with E-state index < -0.39 is 0 Å².